The second kappa shape index (κ2) is 57.6. The summed E-state index contributed by atoms with van der Waals surface area (Å²) in [7, 11) is 9.08. The minimum Gasteiger partial charge on any atom is -0.379 e. The van der Waals surface area contributed by atoms with Crippen LogP contribution in [0.1, 0.15) is 243 Å². The monoisotopic (exact) mass is 1880 g/mol. The largest absolute Gasteiger partial charge is 0.379 e. The number of nitrogens with two attached hydrogens (primary N) is 1. The van der Waals surface area contributed by atoms with Gasteiger partial charge in [-0.05, 0) is 209 Å². The van der Waals surface area contributed by atoms with Crippen molar-refractivity contribution in [1.82, 2.24) is 67.0 Å². The number of nitrogens with zero attached hydrogens (tertiary/aromatic N) is 5. The van der Waals surface area contributed by atoms with Crippen LogP contribution < -0.4 is 58.9 Å². The van der Waals surface area contributed by atoms with Crippen LogP contribution in [0.15, 0.2) is 78.9 Å². The minimum absolute atomic E-state index is 0.00364. The SMILES string of the molecule is CC[C@H](CC(=O)[C@@H](NC(=O)CCCN1CC[C@H](C(=O)NCNC(=O)[C@H]2CCN(CCCC(=O)N[C@H](C(=O)C[C@@H](CCCNC(N)=O)C(=O)Nc3ccc(CNC(=O)[C@@H](CC(=O)[C@H](C)[C@@H](OC)[C@@H]4CCCN4C(=O)C[C@@H](OC)[C@H]([C@@H](C)CC)N(C)C(=O)[C@@H](NC(C)[C@H](C(C)C)N(C)C)C(C)C)Cc4ccccc4)cc3)C(C)C)[C@@H](C)C2)C[C@@H]1C)C(C)C)C(=O)Nc1ccc(CNC(C)=O)cc1. The van der Waals surface area contributed by atoms with Crippen LogP contribution >= 0.6 is 0 Å². The zero-order chi connectivity index (χ0) is 100. The van der Waals surface area contributed by atoms with Crippen molar-refractivity contribution in [2.45, 2.75) is 312 Å². The lowest BCUT2D eigenvalue weighted by atomic mass is 9.85. The summed E-state index contributed by atoms with van der Waals surface area (Å²) in [5.41, 5.74) is 8.82. The van der Waals surface area contributed by atoms with E-state index < -0.39 is 78.0 Å². The van der Waals surface area contributed by atoms with E-state index in [4.69, 9.17) is 15.2 Å². The Morgan fingerprint density at radius 1 is 0.511 bits per heavy atom. The average Bonchev–Trinajstić information content (AvgIpc) is 1.72. The molecule has 0 saturated carbocycles. The Bertz CT molecular complexity index is 4280. The number of ether oxygens (including phenoxy) is 2. The molecule has 3 aromatic rings. The van der Waals surface area contributed by atoms with Crippen molar-refractivity contribution >= 4 is 93.8 Å². The van der Waals surface area contributed by atoms with Crippen LogP contribution in [0.3, 0.4) is 0 Å². The lowest BCUT2D eigenvalue weighted by Gasteiger charge is -2.42. The number of carbonyl (C=O) groups is 14. The molecule has 3 fully saturated rings. The molecule has 0 aliphatic carbocycles. The number of urea groups is 1. The fourth-order valence-corrected chi connectivity index (χ4v) is 19.9. The van der Waals surface area contributed by atoms with Crippen LogP contribution in [0.2, 0.25) is 0 Å². The van der Waals surface area contributed by atoms with Gasteiger partial charge in [-0.1, -0.05) is 144 Å². The molecule has 18 atom stereocenters. The van der Waals surface area contributed by atoms with Gasteiger partial charge in [-0.2, -0.15) is 0 Å². The third kappa shape index (κ3) is 36.7. The zero-order valence-electron chi connectivity index (χ0n) is 84.9. The van der Waals surface area contributed by atoms with Crippen molar-refractivity contribution in [2.24, 2.45) is 70.8 Å². The lowest BCUT2D eigenvalue weighted by molar-refractivity contribution is -0.147. The predicted octanol–water partition coefficient (Wildman–Crippen LogP) is 10.1. The molecule has 0 radical (unpaired) electrons. The molecule has 0 aromatic heterocycles. The molecule has 0 spiro atoms. The Morgan fingerprint density at radius 3 is 1.46 bits per heavy atom. The minimum atomic E-state index is -0.903. The maximum atomic E-state index is 14.8. The number of Topliss-reactive ketones (excluding diaryl/α,β-unsaturated/α-hetero) is 3. The first kappa shape index (κ1) is 114. The number of piperidine rings is 2. The summed E-state index contributed by atoms with van der Waals surface area (Å²) in [6.45, 7) is 34.9. The smallest absolute Gasteiger partial charge is 0.312 e. The molecule has 3 saturated heterocycles. The summed E-state index contributed by atoms with van der Waals surface area (Å²) in [5.74, 6) is -6.69. The van der Waals surface area contributed by atoms with Crippen LogP contribution in [0.5, 0.6) is 0 Å². The van der Waals surface area contributed by atoms with E-state index >= 15 is 0 Å². The van der Waals surface area contributed by atoms with Crippen LogP contribution in [0, 0.1) is 65.1 Å². The van der Waals surface area contributed by atoms with Gasteiger partial charge >= 0.3 is 6.03 Å². The summed E-state index contributed by atoms with van der Waals surface area (Å²) in [4.78, 5) is 201. The molecule has 3 heterocycles. The number of nitrogens with one attached hydrogen (secondary N) is 10. The number of hydrogen-bond acceptors (Lipinski definition) is 20. The second-order valence-electron chi connectivity index (χ2n) is 39.9. The molecular weight excluding hydrogens is 1720 g/mol. The molecule has 32 heteroatoms. The Labute approximate surface area is 804 Å². The van der Waals surface area contributed by atoms with Gasteiger partial charge in [-0.15, -0.1) is 0 Å². The van der Waals surface area contributed by atoms with Gasteiger partial charge < -0.3 is 92.9 Å². The van der Waals surface area contributed by atoms with Crippen LogP contribution in [0.25, 0.3) is 0 Å². The average molecular weight is 1880 g/mol. The maximum Gasteiger partial charge on any atom is 0.312 e. The van der Waals surface area contributed by atoms with E-state index in [1.54, 1.807) is 62.4 Å². The molecule has 12 N–H and O–H groups in total. The number of amides is 12. The number of methoxy groups -OCH3 is 2. The number of carbonyl (C=O) groups excluding carboxylic acids is 14. The Hall–Kier alpha value is -9.60. The first-order valence-electron chi connectivity index (χ1n) is 49.6. The van der Waals surface area contributed by atoms with Crippen molar-refractivity contribution in [3.63, 3.8) is 0 Å². The number of likely N-dealkylation sites (tertiary alicyclic amines) is 3. The molecule has 0 bridgehead atoms. The maximum absolute atomic E-state index is 14.8. The van der Waals surface area contributed by atoms with Crippen molar-refractivity contribution in [1.29, 1.82) is 0 Å². The molecule has 6 rings (SSSR count). The van der Waals surface area contributed by atoms with Gasteiger partial charge in [0.05, 0.1) is 55.5 Å². The van der Waals surface area contributed by atoms with Gasteiger partial charge in [0.2, 0.25) is 59.1 Å². The first-order chi connectivity index (χ1) is 64.0. The fourth-order valence-electron chi connectivity index (χ4n) is 19.9. The summed E-state index contributed by atoms with van der Waals surface area (Å²) in [6, 6.07) is 20.0. The Balaban J connectivity index is 0.937. The molecule has 32 nitrogen and oxygen atoms in total. The van der Waals surface area contributed by atoms with Crippen molar-refractivity contribution in [3.05, 3.63) is 95.6 Å². The van der Waals surface area contributed by atoms with Crippen molar-refractivity contribution < 1.29 is 76.6 Å². The summed E-state index contributed by atoms with van der Waals surface area (Å²) in [5, 5.41) is 29.6. The van der Waals surface area contributed by atoms with Gasteiger partial charge in [0, 0.05) is 158 Å². The van der Waals surface area contributed by atoms with E-state index in [-0.39, 0.29) is 201 Å². The highest BCUT2D eigenvalue weighted by atomic mass is 16.5. The van der Waals surface area contributed by atoms with E-state index in [2.05, 4.69) is 124 Å². The highest BCUT2D eigenvalue weighted by Crippen LogP contribution is 2.34. The molecule has 135 heavy (non-hydrogen) atoms. The predicted molar refractivity (Wildman–Crippen MR) is 526 cm³/mol. The van der Waals surface area contributed by atoms with E-state index in [1.807, 2.05) is 110 Å². The number of anilines is 2. The number of hydrogen-bond donors (Lipinski definition) is 11. The van der Waals surface area contributed by atoms with E-state index in [0.717, 1.165) is 17.5 Å². The second-order valence-corrected chi connectivity index (χ2v) is 39.9. The van der Waals surface area contributed by atoms with E-state index in [0.29, 0.717) is 126 Å². The Morgan fingerprint density at radius 2 is 1.01 bits per heavy atom. The number of benzene rings is 3. The van der Waals surface area contributed by atoms with Crippen molar-refractivity contribution in [3.8, 4) is 0 Å². The van der Waals surface area contributed by atoms with Crippen LogP contribution in [-0.2, 0) is 91.3 Å². The molecule has 12 amide bonds. The first-order valence-corrected chi connectivity index (χ1v) is 49.6. The fraction of sp³-hybridized carbons (Fsp3) is 0.689. The molecule has 754 valence electrons. The normalized spacial score (nSPS) is 19.5. The number of primary amides is 1. The van der Waals surface area contributed by atoms with E-state index in [9.17, 15) is 67.1 Å². The lowest BCUT2D eigenvalue weighted by Crippen LogP contribution is -2.60. The number of ketones is 3. The number of likely N-dealkylation sites (N-methyl/N-ethyl adjacent to an activating group) is 2. The highest BCUT2D eigenvalue weighted by Gasteiger charge is 2.45. The molecular formula is C103H166N16O16. The third-order valence-corrected chi connectivity index (χ3v) is 27.9. The standard InChI is InChI=1S/C103H166N16O16/c1-22-67(11)95(116(19)102(132)93(65(7)8)110-71(15)94(66(9)10)115(17)18)87(134-20)59-90(126)119-50-28-34-83(119)96(135-21)70(14)84(121)58-80(55-73-31-25-24-26-32-73)99(129)107-61-75-39-43-82(44-40-75)112-101(131)77(33-27-47-105-103(104)133)57-86(123)92(64(5)6)114-89(125)36-30-49-118-52-46-79(54-69(118)13)98(128)109-62-108-97(127)78-45-51-117(68(12)53-78)48-29-35-88(124)113-91(63(3)4)85(122)56-76(23-2)100(130)111-81-41-37-74(38-42-81)60-106-72(16)120/h24-26,31-32,37-44,63-71,76-80,83,87,91-96,110H,22-23,27-30,33-36,45-62H2,1-21H3,(H,106,120)(H,107,129)(H,108,127)(H,109,128)(H,111,130)(H,112,131)(H,113,124)(H,114,125)(H3,104,105,133)/t67-,68-,69-,70-,71?,76+,77+,78-,79-,80+,83-,87+,91-,92-,93-,94-,95-,96+/m0/s1. The van der Waals surface area contributed by atoms with E-state index in [1.165, 1.54) is 6.92 Å². The van der Waals surface area contributed by atoms with Gasteiger partial charge in [0.25, 0.3) is 0 Å². The van der Waals surface area contributed by atoms with Gasteiger partial charge in [0.15, 0.2) is 11.6 Å². The molecule has 1 unspecified atom stereocenters. The Kier molecular flexibility index (Phi) is 48.7. The number of rotatable bonds is 58. The van der Waals surface area contributed by atoms with Gasteiger partial charge in [-0.3, -0.25) is 62.3 Å². The quantitative estimate of drug-likeness (QED) is 0.0185. The summed E-state index contributed by atoms with van der Waals surface area (Å²) < 4.78 is 12.4. The highest BCUT2D eigenvalue weighted by molar-refractivity contribution is 5.99. The topological polar surface area (TPSA) is 420 Å². The van der Waals surface area contributed by atoms with Crippen LogP contribution in [0.4, 0.5) is 16.2 Å². The van der Waals surface area contributed by atoms with Crippen molar-refractivity contribution in [2.75, 3.05) is 91.9 Å². The van der Waals surface area contributed by atoms with Gasteiger partial charge in [-0.25, -0.2) is 4.79 Å². The molecule has 3 aliphatic heterocycles. The molecule has 3 aliphatic rings. The van der Waals surface area contributed by atoms with Gasteiger partial charge in [0.1, 0.15) is 5.78 Å². The molecule has 3 aromatic carbocycles. The summed E-state index contributed by atoms with van der Waals surface area (Å²) >= 11 is 0. The summed E-state index contributed by atoms with van der Waals surface area (Å²) in [6.07, 6.45) is 5.37. The zero-order valence-corrected chi connectivity index (χ0v) is 84.9. The third-order valence-electron chi connectivity index (χ3n) is 27.9. The van der Waals surface area contributed by atoms with Crippen LogP contribution in [-0.4, -0.2) is 255 Å².